The second kappa shape index (κ2) is 13.7. The Balaban J connectivity index is 3.71. The standard InChI is InChI=1S/C21H40O7Si2/c1-9-23-29(24-10-2,25-11-3)19-15-16-21(20(17-19)18(7)22-8)30(26-12-4,27-13-5)28-14-6/h15-18H,9-14H2,1-8H3. The molecule has 0 amide bonds. The van der Waals surface area contributed by atoms with E-state index in [4.69, 9.17) is 31.3 Å². The van der Waals surface area contributed by atoms with E-state index >= 15 is 0 Å². The van der Waals surface area contributed by atoms with Gasteiger partial charge in [0.25, 0.3) is 0 Å². The molecule has 30 heavy (non-hydrogen) atoms. The topological polar surface area (TPSA) is 64.6 Å². The van der Waals surface area contributed by atoms with Crippen LogP contribution < -0.4 is 10.4 Å². The molecular weight excluding hydrogens is 420 g/mol. The van der Waals surface area contributed by atoms with Crippen LogP contribution in [0.4, 0.5) is 0 Å². The summed E-state index contributed by atoms with van der Waals surface area (Å²) in [5.41, 5.74) is 0.938. The highest BCUT2D eigenvalue weighted by molar-refractivity contribution is 6.77. The maximum Gasteiger partial charge on any atom is 0.537 e. The van der Waals surface area contributed by atoms with E-state index < -0.39 is 17.6 Å². The van der Waals surface area contributed by atoms with E-state index in [9.17, 15) is 0 Å². The minimum Gasteiger partial charge on any atom is -0.377 e. The Kier molecular flexibility index (Phi) is 12.5. The molecule has 0 aliphatic heterocycles. The first-order chi connectivity index (χ1) is 14.4. The molecule has 0 saturated carbocycles. The van der Waals surface area contributed by atoms with Gasteiger partial charge in [0.1, 0.15) is 0 Å². The van der Waals surface area contributed by atoms with Gasteiger partial charge in [-0.05, 0) is 60.1 Å². The fourth-order valence-electron chi connectivity index (χ4n) is 3.37. The molecule has 0 radical (unpaired) electrons. The summed E-state index contributed by atoms with van der Waals surface area (Å²) in [6.07, 6.45) is -0.204. The van der Waals surface area contributed by atoms with Gasteiger partial charge in [-0.2, -0.15) is 0 Å². The lowest BCUT2D eigenvalue weighted by molar-refractivity contribution is 0.0823. The zero-order chi connectivity index (χ0) is 22.6. The van der Waals surface area contributed by atoms with Crippen LogP contribution in [0.5, 0.6) is 0 Å². The largest absolute Gasteiger partial charge is 0.537 e. The van der Waals surface area contributed by atoms with Gasteiger partial charge in [-0.25, -0.2) is 0 Å². The van der Waals surface area contributed by atoms with Crippen LogP contribution in [0.3, 0.4) is 0 Å². The normalized spacial score (nSPS) is 13.6. The molecule has 1 unspecified atom stereocenters. The first-order valence-corrected chi connectivity index (χ1v) is 14.4. The molecule has 0 aliphatic rings. The first kappa shape index (κ1) is 27.4. The van der Waals surface area contributed by atoms with Crippen LogP contribution in [0, 0.1) is 0 Å². The summed E-state index contributed by atoms with van der Waals surface area (Å²) in [6, 6.07) is 6.05. The number of rotatable bonds is 16. The predicted molar refractivity (Wildman–Crippen MR) is 122 cm³/mol. The Morgan fingerprint density at radius 2 is 1.07 bits per heavy atom. The second-order valence-corrected chi connectivity index (χ2v) is 11.5. The van der Waals surface area contributed by atoms with Crippen molar-refractivity contribution in [1.82, 2.24) is 0 Å². The Hall–Kier alpha value is -0.626. The van der Waals surface area contributed by atoms with Gasteiger partial charge < -0.3 is 31.3 Å². The molecular formula is C21H40O7Si2. The van der Waals surface area contributed by atoms with Crippen molar-refractivity contribution in [2.24, 2.45) is 0 Å². The summed E-state index contributed by atoms with van der Waals surface area (Å²) in [5, 5.41) is 1.79. The molecule has 9 heteroatoms. The summed E-state index contributed by atoms with van der Waals surface area (Å²) in [4.78, 5) is 0. The van der Waals surface area contributed by atoms with E-state index in [0.717, 1.165) is 15.9 Å². The molecule has 0 heterocycles. The average Bonchev–Trinajstić information content (AvgIpc) is 2.73. The van der Waals surface area contributed by atoms with Crippen molar-refractivity contribution in [3.05, 3.63) is 23.8 Å². The lowest BCUT2D eigenvalue weighted by atomic mass is 10.1. The SMILES string of the molecule is CCO[Si](OCC)(OCC)c1ccc([Si](OCC)(OCC)OCC)c(C(C)OC)c1. The molecule has 1 aromatic carbocycles. The number of benzene rings is 1. The number of hydrogen-bond acceptors (Lipinski definition) is 7. The molecule has 1 rings (SSSR count). The lowest BCUT2D eigenvalue weighted by Crippen LogP contribution is -2.61. The molecule has 7 nitrogen and oxygen atoms in total. The van der Waals surface area contributed by atoms with Crippen LogP contribution in [0.2, 0.25) is 0 Å². The maximum absolute atomic E-state index is 6.16. The monoisotopic (exact) mass is 460 g/mol. The molecule has 1 aromatic rings. The summed E-state index contributed by atoms with van der Waals surface area (Å²) in [6.45, 7) is 16.7. The fraction of sp³-hybridized carbons (Fsp3) is 0.714. The van der Waals surface area contributed by atoms with Gasteiger partial charge in [-0.3, -0.25) is 0 Å². The minimum atomic E-state index is -3.12. The van der Waals surface area contributed by atoms with E-state index in [1.165, 1.54) is 0 Å². The zero-order valence-corrected chi connectivity index (χ0v) is 21.9. The summed E-state index contributed by atoms with van der Waals surface area (Å²) in [7, 11) is -4.50. The average molecular weight is 461 g/mol. The zero-order valence-electron chi connectivity index (χ0n) is 19.9. The predicted octanol–water partition coefficient (Wildman–Crippen LogP) is 2.90. The fourth-order valence-corrected chi connectivity index (χ4v) is 8.65. The van der Waals surface area contributed by atoms with Gasteiger partial charge in [0, 0.05) is 57.1 Å². The Bertz CT molecular complexity index is 581. The van der Waals surface area contributed by atoms with Gasteiger partial charge in [0.05, 0.1) is 6.10 Å². The molecule has 1 atom stereocenters. The summed E-state index contributed by atoms with van der Waals surface area (Å²) < 4.78 is 42.5. The number of hydrogen-bond donors (Lipinski definition) is 0. The highest BCUT2D eigenvalue weighted by Gasteiger charge is 2.48. The third-order valence-electron chi connectivity index (χ3n) is 4.53. The number of methoxy groups -OCH3 is 1. The van der Waals surface area contributed by atoms with Crippen molar-refractivity contribution in [3.63, 3.8) is 0 Å². The van der Waals surface area contributed by atoms with Gasteiger partial charge in [0.2, 0.25) is 0 Å². The quantitative estimate of drug-likeness (QED) is 0.351. The van der Waals surface area contributed by atoms with Crippen molar-refractivity contribution in [3.8, 4) is 0 Å². The molecule has 174 valence electrons. The maximum atomic E-state index is 6.16. The van der Waals surface area contributed by atoms with Gasteiger partial charge in [-0.1, -0.05) is 12.1 Å². The molecule has 0 fully saturated rings. The van der Waals surface area contributed by atoms with Crippen LogP contribution in [0.1, 0.15) is 60.1 Å². The lowest BCUT2D eigenvalue weighted by Gasteiger charge is -2.33. The van der Waals surface area contributed by atoms with Crippen LogP contribution in [-0.4, -0.2) is 64.4 Å². The first-order valence-electron chi connectivity index (χ1n) is 10.9. The van der Waals surface area contributed by atoms with Crippen molar-refractivity contribution in [2.45, 2.75) is 54.6 Å². The van der Waals surface area contributed by atoms with Crippen molar-refractivity contribution in [1.29, 1.82) is 0 Å². The van der Waals surface area contributed by atoms with Crippen molar-refractivity contribution in [2.75, 3.05) is 46.8 Å². The van der Waals surface area contributed by atoms with Crippen LogP contribution in [-0.2, 0) is 31.3 Å². The number of ether oxygens (including phenoxy) is 1. The molecule has 0 aliphatic carbocycles. The Morgan fingerprint density at radius 1 is 0.667 bits per heavy atom. The van der Waals surface area contributed by atoms with Crippen molar-refractivity contribution < 1.29 is 31.3 Å². The van der Waals surface area contributed by atoms with Crippen LogP contribution in [0.25, 0.3) is 0 Å². The van der Waals surface area contributed by atoms with Gasteiger partial charge in [-0.15, -0.1) is 0 Å². The van der Waals surface area contributed by atoms with E-state index in [1.54, 1.807) is 7.11 Å². The third kappa shape index (κ3) is 6.44. The molecule has 0 saturated heterocycles. The van der Waals surface area contributed by atoms with E-state index in [-0.39, 0.29) is 6.10 Å². The third-order valence-corrected chi connectivity index (χ3v) is 10.7. The molecule has 0 spiro atoms. The molecule has 0 N–H and O–H groups in total. The minimum absolute atomic E-state index is 0.204. The van der Waals surface area contributed by atoms with Crippen LogP contribution >= 0.6 is 0 Å². The van der Waals surface area contributed by atoms with E-state index in [0.29, 0.717) is 39.6 Å². The highest BCUT2D eigenvalue weighted by Crippen LogP contribution is 2.22. The van der Waals surface area contributed by atoms with E-state index in [2.05, 4.69) is 6.07 Å². The summed E-state index contributed by atoms with van der Waals surface area (Å²) in [5.74, 6) is 0. The Labute approximate surface area is 184 Å². The Morgan fingerprint density at radius 3 is 1.43 bits per heavy atom. The van der Waals surface area contributed by atoms with Gasteiger partial charge in [0.15, 0.2) is 0 Å². The second-order valence-electron chi connectivity index (χ2n) is 6.39. The van der Waals surface area contributed by atoms with Gasteiger partial charge >= 0.3 is 17.6 Å². The van der Waals surface area contributed by atoms with Crippen molar-refractivity contribution >= 4 is 28.0 Å². The molecule has 0 bridgehead atoms. The molecule has 0 aromatic heterocycles. The highest BCUT2D eigenvalue weighted by atomic mass is 28.4. The van der Waals surface area contributed by atoms with Crippen LogP contribution in [0.15, 0.2) is 18.2 Å². The van der Waals surface area contributed by atoms with E-state index in [1.807, 2.05) is 60.6 Å². The smallest absolute Gasteiger partial charge is 0.377 e. The summed E-state index contributed by atoms with van der Waals surface area (Å²) >= 11 is 0.